The standard InChI is InChI=1S/C18H31N3/c1-4-19-17-8-6-5-7-15(13-18(2,3)11-9-17)16-10-12-20-21-14-16/h10,12,14-15,17,19H,4-9,11,13H2,1-3H3. The predicted molar refractivity (Wildman–Crippen MR) is 88.3 cm³/mol. The van der Waals surface area contributed by atoms with Gasteiger partial charge in [-0.05, 0) is 61.6 Å². The van der Waals surface area contributed by atoms with Gasteiger partial charge < -0.3 is 5.32 Å². The van der Waals surface area contributed by atoms with E-state index in [1.54, 1.807) is 0 Å². The summed E-state index contributed by atoms with van der Waals surface area (Å²) in [6, 6.07) is 2.87. The van der Waals surface area contributed by atoms with Gasteiger partial charge in [-0.3, -0.25) is 0 Å². The zero-order chi connectivity index (χ0) is 15.1. The summed E-state index contributed by atoms with van der Waals surface area (Å²) in [6.07, 6.45) is 13.0. The zero-order valence-corrected chi connectivity index (χ0v) is 13.9. The summed E-state index contributed by atoms with van der Waals surface area (Å²) in [7, 11) is 0. The predicted octanol–water partition coefficient (Wildman–Crippen LogP) is 4.31. The van der Waals surface area contributed by atoms with Gasteiger partial charge in [-0.15, -0.1) is 0 Å². The third kappa shape index (κ3) is 5.39. The molecule has 2 rings (SSSR count). The average Bonchev–Trinajstić information content (AvgIpc) is 2.48. The summed E-state index contributed by atoms with van der Waals surface area (Å²) < 4.78 is 0. The summed E-state index contributed by atoms with van der Waals surface area (Å²) >= 11 is 0. The van der Waals surface area contributed by atoms with E-state index in [4.69, 9.17) is 0 Å². The Morgan fingerprint density at radius 2 is 2.00 bits per heavy atom. The zero-order valence-electron chi connectivity index (χ0n) is 13.9. The van der Waals surface area contributed by atoms with Crippen LogP contribution in [0.5, 0.6) is 0 Å². The van der Waals surface area contributed by atoms with E-state index in [-0.39, 0.29) is 0 Å². The van der Waals surface area contributed by atoms with E-state index >= 15 is 0 Å². The number of hydrogen-bond donors (Lipinski definition) is 1. The summed E-state index contributed by atoms with van der Waals surface area (Å²) in [5.41, 5.74) is 1.78. The second kappa shape index (κ2) is 7.88. The molecule has 1 N–H and O–H groups in total. The lowest BCUT2D eigenvalue weighted by Crippen LogP contribution is -2.31. The Hall–Kier alpha value is -0.960. The van der Waals surface area contributed by atoms with Crippen molar-refractivity contribution < 1.29 is 0 Å². The van der Waals surface area contributed by atoms with Gasteiger partial charge in [0, 0.05) is 12.2 Å². The molecule has 0 radical (unpaired) electrons. The molecule has 2 atom stereocenters. The highest BCUT2D eigenvalue weighted by molar-refractivity contribution is 5.13. The van der Waals surface area contributed by atoms with Gasteiger partial charge in [0.2, 0.25) is 0 Å². The minimum atomic E-state index is 0.402. The van der Waals surface area contributed by atoms with Crippen LogP contribution in [-0.4, -0.2) is 22.8 Å². The summed E-state index contributed by atoms with van der Waals surface area (Å²) in [5, 5.41) is 11.7. The van der Waals surface area contributed by atoms with Crippen molar-refractivity contribution in [2.75, 3.05) is 6.54 Å². The Labute approximate surface area is 129 Å². The van der Waals surface area contributed by atoms with Crippen LogP contribution in [0.2, 0.25) is 0 Å². The minimum absolute atomic E-state index is 0.402. The lowest BCUT2D eigenvalue weighted by molar-refractivity contribution is 0.238. The molecule has 21 heavy (non-hydrogen) atoms. The maximum atomic E-state index is 4.08. The fourth-order valence-electron chi connectivity index (χ4n) is 3.68. The van der Waals surface area contributed by atoms with Crippen molar-refractivity contribution in [2.24, 2.45) is 5.41 Å². The van der Waals surface area contributed by atoms with Crippen LogP contribution in [0.4, 0.5) is 0 Å². The van der Waals surface area contributed by atoms with Crippen LogP contribution in [0.3, 0.4) is 0 Å². The SMILES string of the molecule is CCNC1CCCCC(c2ccnnc2)CC(C)(C)CC1. The molecule has 1 aromatic heterocycles. The van der Waals surface area contributed by atoms with Crippen molar-refractivity contribution in [3.63, 3.8) is 0 Å². The second-order valence-electron chi connectivity index (χ2n) is 7.32. The molecule has 0 aliphatic heterocycles. The highest BCUT2D eigenvalue weighted by Gasteiger charge is 2.26. The maximum absolute atomic E-state index is 4.08. The summed E-state index contributed by atoms with van der Waals surface area (Å²) in [4.78, 5) is 0. The molecule has 3 nitrogen and oxygen atoms in total. The fourth-order valence-corrected chi connectivity index (χ4v) is 3.68. The smallest absolute Gasteiger partial charge is 0.0531 e. The lowest BCUT2D eigenvalue weighted by atomic mass is 9.74. The van der Waals surface area contributed by atoms with Crippen LogP contribution in [-0.2, 0) is 0 Å². The first-order valence-corrected chi connectivity index (χ1v) is 8.61. The van der Waals surface area contributed by atoms with Gasteiger partial charge in [-0.1, -0.05) is 33.6 Å². The van der Waals surface area contributed by atoms with E-state index < -0.39 is 0 Å². The number of aromatic nitrogens is 2. The number of nitrogens with one attached hydrogen (secondary N) is 1. The van der Waals surface area contributed by atoms with Gasteiger partial charge in [0.15, 0.2) is 0 Å². The van der Waals surface area contributed by atoms with E-state index in [2.05, 4.69) is 42.4 Å². The minimum Gasteiger partial charge on any atom is -0.314 e. The van der Waals surface area contributed by atoms with Crippen molar-refractivity contribution in [1.82, 2.24) is 15.5 Å². The van der Waals surface area contributed by atoms with E-state index in [9.17, 15) is 0 Å². The molecule has 2 unspecified atom stereocenters. The van der Waals surface area contributed by atoms with E-state index in [0.29, 0.717) is 17.4 Å². The maximum Gasteiger partial charge on any atom is 0.0531 e. The molecule has 0 amide bonds. The highest BCUT2D eigenvalue weighted by atomic mass is 15.1. The van der Waals surface area contributed by atoms with Crippen LogP contribution < -0.4 is 5.32 Å². The molecule has 1 aliphatic carbocycles. The Morgan fingerprint density at radius 3 is 2.71 bits per heavy atom. The highest BCUT2D eigenvalue weighted by Crippen LogP contribution is 2.39. The van der Waals surface area contributed by atoms with Crippen LogP contribution in [0.15, 0.2) is 18.5 Å². The summed E-state index contributed by atoms with van der Waals surface area (Å²) in [6.45, 7) is 8.17. The first-order chi connectivity index (χ1) is 10.1. The van der Waals surface area contributed by atoms with Crippen LogP contribution in [0.25, 0.3) is 0 Å². The molecule has 0 saturated heterocycles. The fraction of sp³-hybridized carbons (Fsp3) is 0.778. The second-order valence-corrected chi connectivity index (χ2v) is 7.32. The molecule has 0 spiro atoms. The topological polar surface area (TPSA) is 37.8 Å². The van der Waals surface area contributed by atoms with Gasteiger partial charge in [0.25, 0.3) is 0 Å². The number of hydrogen-bond acceptors (Lipinski definition) is 3. The van der Waals surface area contributed by atoms with E-state index in [1.165, 1.54) is 50.5 Å². The Morgan fingerprint density at radius 1 is 1.19 bits per heavy atom. The van der Waals surface area contributed by atoms with Crippen molar-refractivity contribution in [3.05, 3.63) is 24.0 Å². The van der Waals surface area contributed by atoms with E-state index in [1.807, 2.05) is 12.4 Å². The molecule has 0 bridgehead atoms. The van der Waals surface area contributed by atoms with Crippen LogP contribution in [0, 0.1) is 5.41 Å². The Kier molecular flexibility index (Phi) is 6.16. The molecule has 3 heteroatoms. The van der Waals surface area contributed by atoms with Gasteiger partial charge in [0.05, 0.1) is 6.20 Å². The molecular weight excluding hydrogens is 258 g/mol. The molecule has 1 heterocycles. The van der Waals surface area contributed by atoms with Gasteiger partial charge >= 0.3 is 0 Å². The van der Waals surface area contributed by atoms with Gasteiger partial charge in [-0.2, -0.15) is 10.2 Å². The number of nitrogens with zero attached hydrogens (tertiary/aromatic N) is 2. The molecule has 1 aromatic rings. The first-order valence-electron chi connectivity index (χ1n) is 8.61. The van der Waals surface area contributed by atoms with Crippen molar-refractivity contribution in [2.45, 2.75) is 77.7 Å². The van der Waals surface area contributed by atoms with Crippen LogP contribution in [0.1, 0.15) is 77.2 Å². The third-order valence-electron chi connectivity index (χ3n) is 4.90. The molecule has 1 saturated carbocycles. The van der Waals surface area contributed by atoms with Crippen molar-refractivity contribution >= 4 is 0 Å². The quantitative estimate of drug-likeness (QED) is 0.901. The van der Waals surface area contributed by atoms with Crippen molar-refractivity contribution in [3.8, 4) is 0 Å². The Balaban J connectivity index is 2.04. The molecule has 1 aliphatic rings. The van der Waals surface area contributed by atoms with E-state index in [0.717, 1.165) is 6.54 Å². The molecular formula is C18H31N3. The van der Waals surface area contributed by atoms with Crippen LogP contribution >= 0.6 is 0 Å². The molecule has 1 fully saturated rings. The van der Waals surface area contributed by atoms with Crippen molar-refractivity contribution in [1.29, 1.82) is 0 Å². The molecule has 0 aromatic carbocycles. The third-order valence-corrected chi connectivity index (χ3v) is 4.90. The summed E-state index contributed by atoms with van der Waals surface area (Å²) in [5.74, 6) is 0.645. The largest absolute Gasteiger partial charge is 0.314 e. The number of rotatable bonds is 3. The van der Waals surface area contributed by atoms with Gasteiger partial charge in [0.1, 0.15) is 0 Å². The van der Waals surface area contributed by atoms with Gasteiger partial charge in [-0.25, -0.2) is 0 Å². The Bertz CT molecular complexity index is 402. The normalized spacial score (nSPS) is 27.2. The molecule has 118 valence electrons. The average molecular weight is 289 g/mol. The monoisotopic (exact) mass is 289 g/mol. The lowest BCUT2D eigenvalue weighted by Gasteiger charge is -2.33. The first kappa shape index (κ1) is 16.4.